The van der Waals surface area contributed by atoms with Crippen molar-refractivity contribution in [2.24, 2.45) is 5.73 Å². The van der Waals surface area contributed by atoms with Crippen LogP contribution in [0.5, 0.6) is 0 Å². The zero-order valence-electron chi connectivity index (χ0n) is 13.0. The first-order valence-corrected chi connectivity index (χ1v) is 7.81. The number of piperidine rings is 1. The van der Waals surface area contributed by atoms with Gasteiger partial charge in [-0.05, 0) is 50.5 Å². The van der Waals surface area contributed by atoms with Crippen LogP contribution >= 0.6 is 0 Å². The SMILES string of the molecule is C[C@H](N)[C@H]1CCCCN1C(=O)c1cn(-c2ccc(F)cc2)nn1. The van der Waals surface area contributed by atoms with Crippen molar-refractivity contribution in [1.29, 1.82) is 0 Å². The van der Waals surface area contributed by atoms with Gasteiger partial charge in [-0.3, -0.25) is 4.79 Å². The van der Waals surface area contributed by atoms with Gasteiger partial charge in [-0.1, -0.05) is 5.21 Å². The lowest BCUT2D eigenvalue weighted by molar-refractivity contribution is 0.0577. The Kier molecular flexibility index (Phi) is 4.38. The van der Waals surface area contributed by atoms with E-state index in [0.717, 1.165) is 19.3 Å². The van der Waals surface area contributed by atoms with Gasteiger partial charge in [-0.15, -0.1) is 5.10 Å². The predicted octanol–water partition coefficient (Wildman–Crippen LogP) is 1.75. The van der Waals surface area contributed by atoms with Crippen molar-refractivity contribution >= 4 is 5.91 Å². The summed E-state index contributed by atoms with van der Waals surface area (Å²) in [4.78, 5) is 14.5. The van der Waals surface area contributed by atoms with Crippen molar-refractivity contribution in [3.05, 3.63) is 42.0 Å². The van der Waals surface area contributed by atoms with Crippen LogP contribution in [0.25, 0.3) is 5.69 Å². The van der Waals surface area contributed by atoms with Gasteiger partial charge in [0.1, 0.15) is 5.82 Å². The highest BCUT2D eigenvalue weighted by molar-refractivity contribution is 5.92. The molecule has 2 N–H and O–H groups in total. The van der Waals surface area contributed by atoms with E-state index in [2.05, 4.69) is 10.3 Å². The van der Waals surface area contributed by atoms with Crippen molar-refractivity contribution < 1.29 is 9.18 Å². The van der Waals surface area contributed by atoms with E-state index in [4.69, 9.17) is 5.73 Å². The molecule has 2 heterocycles. The van der Waals surface area contributed by atoms with Crippen LogP contribution in [-0.2, 0) is 0 Å². The molecule has 1 aliphatic rings. The van der Waals surface area contributed by atoms with Gasteiger partial charge in [-0.2, -0.15) is 0 Å². The molecule has 0 aliphatic carbocycles. The first-order chi connectivity index (χ1) is 11.1. The maximum Gasteiger partial charge on any atom is 0.276 e. The molecule has 23 heavy (non-hydrogen) atoms. The molecule has 1 amide bonds. The Morgan fingerprint density at radius 3 is 2.78 bits per heavy atom. The van der Waals surface area contributed by atoms with E-state index in [0.29, 0.717) is 12.2 Å². The number of carbonyl (C=O) groups excluding carboxylic acids is 1. The summed E-state index contributed by atoms with van der Waals surface area (Å²) in [7, 11) is 0. The maximum absolute atomic E-state index is 13.0. The van der Waals surface area contributed by atoms with Gasteiger partial charge in [0.05, 0.1) is 11.9 Å². The molecule has 1 saturated heterocycles. The predicted molar refractivity (Wildman–Crippen MR) is 83.6 cm³/mol. The van der Waals surface area contributed by atoms with E-state index in [9.17, 15) is 9.18 Å². The third-order valence-corrected chi connectivity index (χ3v) is 4.22. The molecule has 0 unspecified atom stereocenters. The second-order valence-corrected chi connectivity index (χ2v) is 5.95. The fourth-order valence-corrected chi connectivity index (χ4v) is 2.99. The molecule has 3 rings (SSSR count). The lowest BCUT2D eigenvalue weighted by Crippen LogP contribution is -2.51. The molecule has 2 aromatic rings. The average Bonchev–Trinajstić information content (AvgIpc) is 3.04. The lowest BCUT2D eigenvalue weighted by Gasteiger charge is -2.37. The molecule has 1 aromatic heterocycles. The van der Waals surface area contributed by atoms with Gasteiger partial charge in [0.2, 0.25) is 0 Å². The van der Waals surface area contributed by atoms with Crippen LogP contribution in [-0.4, -0.2) is 44.4 Å². The maximum atomic E-state index is 13.0. The first kappa shape index (κ1) is 15.6. The van der Waals surface area contributed by atoms with Gasteiger partial charge in [0.15, 0.2) is 5.69 Å². The molecule has 0 radical (unpaired) electrons. The van der Waals surface area contributed by atoms with Crippen molar-refractivity contribution in [2.75, 3.05) is 6.54 Å². The van der Waals surface area contributed by atoms with E-state index < -0.39 is 0 Å². The fourth-order valence-electron chi connectivity index (χ4n) is 2.99. The lowest BCUT2D eigenvalue weighted by atomic mass is 9.96. The van der Waals surface area contributed by atoms with Crippen LogP contribution < -0.4 is 5.73 Å². The van der Waals surface area contributed by atoms with E-state index in [-0.39, 0.29) is 29.5 Å². The number of hydrogen-bond donors (Lipinski definition) is 1. The van der Waals surface area contributed by atoms with E-state index in [1.54, 1.807) is 23.2 Å². The highest BCUT2D eigenvalue weighted by Crippen LogP contribution is 2.21. The average molecular weight is 317 g/mol. The Bertz CT molecular complexity index is 682. The highest BCUT2D eigenvalue weighted by atomic mass is 19.1. The summed E-state index contributed by atoms with van der Waals surface area (Å²) in [6.45, 7) is 2.61. The molecule has 7 heteroatoms. The van der Waals surface area contributed by atoms with Crippen molar-refractivity contribution in [3.63, 3.8) is 0 Å². The molecule has 0 spiro atoms. The molecule has 1 aliphatic heterocycles. The van der Waals surface area contributed by atoms with Gasteiger partial charge in [0, 0.05) is 18.6 Å². The Hall–Kier alpha value is -2.28. The first-order valence-electron chi connectivity index (χ1n) is 7.81. The zero-order chi connectivity index (χ0) is 16.4. The van der Waals surface area contributed by atoms with Gasteiger partial charge in [0.25, 0.3) is 5.91 Å². The third kappa shape index (κ3) is 3.24. The topological polar surface area (TPSA) is 77.0 Å². The molecule has 1 aromatic carbocycles. The molecule has 0 bridgehead atoms. The number of halogens is 1. The number of amides is 1. The van der Waals surface area contributed by atoms with Gasteiger partial charge in [-0.25, -0.2) is 9.07 Å². The van der Waals surface area contributed by atoms with Crippen molar-refractivity contribution in [2.45, 2.75) is 38.3 Å². The van der Waals surface area contributed by atoms with E-state index in [1.807, 2.05) is 6.92 Å². The van der Waals surface area contributed by atoms with E-state index >= 15 is 0 Å². The number of hydrogen-bond acceptors (Lipinski definition) is 4. The molecule has 6 nitrogen and oxygen atoms in total. The quantitative estimate of drug-likeness (QED) is 0.935. The Morgan fingerprint density at radius 1 is 1.35 bits per heavy atom. The van der Waals surface area contributed by atoms with Crippen molar-refractivity contribution in [3.8, 4) is 5.69 Å². The molecule has 2 atom stereocenters. The number of nitrogens with two attached hydrogens (primary N) is 1. The smallest absolute Gasteiger partial charge is 0.276 e. The highest BCUT2D eigenvalue weighted by Gasteiger charge is 2.31. The standard InChI is InChI=1S/C16H20FN5O/c1-11(18)15-4-2-3-9-21(15)16(23)14-10-22(20-19-14)13-7-5-12(17)6-8-13/h5-8,10-11,15H,2-4,9,18H2,1H3/t11-,15+/m0/s1. The Morgan fingerprint density at radius 2 is 2.09 bits per heavy atom. The van der Waals surface area contributed by atoms with Gasteiger partial charge >= 0.3 is 0 Å². The number of likely N-dealkylation sites (tertiary alicyclic amines) is 1. The van der Waals surface area contributed by atoms with Crippen LogP contribution in [0.2, 0.25) is 0 Å². The summed E-state index contributed by atoms with van der Waals surface area (Å²) in [5.41, 5.74) is 6.95. The normalized spacial score (nSPS) is 19.6. The van der Waals surface area contributed by atoms with Crippen LogP contribution in [0.15, 0.2) is 30.5 Å². The minimum atomic E-state index is -0.321. The number of rotatable bonds is 3. The summed E-state index contributed by atoms with van der Waals surface area (Å²) in [5.74, 6) is -0.474. The summed E-state index contributed by atoms with van der Waals surface area (Å²) in [6, 6.07) is 5.82. The second-order valence-electron chi connectivity index (χ2n) is 5.95. The minimum Gasteiger partial charge on any atom is -0.333 e. The van der Waals surface area contributed by atoms with Gasteiger partial charge < -0.3 is 10.6 Å². The zero-order valence-corrected chi connectivity index (χ0v) is 13.0. The third-order valence-electron chi connectivity index (χ3n) is 4.22. The van der Waals surface area contributed by atoms with Crippen LogP contribution in [0.4, 0.5) is 4.39 Å². The summed E-state index contributed by atoms with van der Waals surface area (Å²) < 4.78 is 14.4. The summed E-state index contributed by atoms with van der Waals surface area (Å²) in [6.07, 6.45) is 4.54. The number of carbonyl (C=O) groups is 1. The summed E-state index contributed by atoms with van der Waals surface area (Å²) >= 11 is 0. The van der Waals surface area contributed by atoms with Crippen LogP contribution in [0, 0.1) is 5.82 Å². The number of nitrogens with zero attached hydrogens (tertiary/aromatic N) is 4. The second kappa shape index (κ2) is 6.45. The molecule has 122 valence electrons. The van der Waals surface area contributed by atoms with E-state index in [1.165, 1.54) is 16.8 Å². The molecular weight excluding hydrogens is 297 g/mol. The monoisotopic (exact) mass is 317 g/mol. The molecule has 0 saturated carbocycles. The number of aromatic nitrogens is 3. The van der Waals surface area contributed by atoms with Crippen LogP contribution in [0.3, 0.4) is 0 Å². The Balaban J connectivity index is 1.81. The number of benzene rings is 1. The van der Waals surface area contributed by atoms with Crippen molar-refractivity contribution in [1.82, 2.24) is 19.9 Å². The molecular formula is C16H20FN5O. The Labute approximate surface area is 134 Å². The fraction of sp³-hybridized carbons (Fsp3) is 0.438. The largest absolute Gasteiger partial charge is 0.333 e. The minimum absolute atomic E-state index is 0.0345. The van der Waals surface area contributed by atoms with Crippen LogP contribution in [0.1, 0.15) is 36.7 Å². The summed E-state index contributed by atoms with van der Waals surface area (Å²) in [5, 5.41) is 7.94. The molecule has 1 fully saturated rings.